The van der Waals surface area contributed by atoms with Crippen molar-refractivity contribution in [3.05, 3.63) is 40.5 Å². The van der Waals surface area contributed by atoms with Gasteiger partial charge in [0.25, 0.3) is 0 Å². The maximum absolute atomic E-state index is 14.0. The molecule has 1 saturated carbocycles. The van der Waals surface area contributed by atoms with Gasteiger partial charge in [-0.3, -0.25) is 0 Å². The van der Waals surface area contributed by atoms with E-state index >= 15 is 0 Å². The molecule has 1 amide bonds. The smallest absolute Gasteiger partial charge is 0.416 e. The van der Waals surface area contributed by atoms with Crippen molar-refractivity contribution in [2.75, 3.05) is 19.6 Å². The Kier molecular flexibility index (Phi) is 5.50. The Balaban J connectivity index is 1.49. The number of rotatable bonds is 7. The molecular weight excluding hydrogens is 381 g/mol. The predicted octanol–water partition coefficient (Wildman–Crippen LogP) is 3.54. The Morgan fingerprint density at radius 2 is 2.18 bits per heavy atom. The van der Waals surface area contributed by atoms with Crippen molar-refractivity contribution < 1.29 is 18.7 Å². The number of benzene rings is 1. The van der Waals surface area contributed by atoms with Crippen molar-refractivity contribution in [2.24, 2.45) is 17.8 Å². The number of carbonyl (C=O) groups excluding carboxylic acids is 1. The van der Waals surface area contributed by atoms with E-state index in [0.29, 0.717) is 36.7 Å². The van der Waals surface area contributed by atoms with E-state index in [-0.39, 0.29) is 11.9 Å². The molecule has 8 heteroatoms. The Morgan fingerprint density at radius 3 is 2.86 bits per heavy atom. The number of amides is 1. The van der Waals surface area contributed by atoms with E-state index in [9.17, 15) is 9.18 Å². The molecule has 2 fully saturated rings. The topological polar surface area (TPSA) is 63.7 Å². The van der Waals surface area contributed by atoms with Crippen LogP contribution in [0.3, 0.4) is 0 Å². The van der Waals surface area contributed by atoms with Crippen LogP contribution in [0.25, 0.3) is 0 Å². The molecule has 2 heterocycles. The first-order chi connectivity index (χ1) is 13.5. The minimum absolute atomic E-state index is 0.131. The minimum Gasteiger partial charge on any atom is -0.488 e. The predicted molar refractivity (Wildman–Crippen MR) is 104 cm³/mol. The number of fused-ring (bicyclic) bond motifs is 1. The molecule has 150 valence electrons. The largest absolute Gasteiger partial charge is 0.488 e. The fourth-order valence-electron chi connectivity index (χ4n) is 3.89. The van der Waals surface area contributed by atoms with Crippen molar-refractivity contribution in [1.29, 1.82) is 0 Å². The van der Waals surface area contributed by atoms with Crippen LogP contribution in [0.1, 0.15) is 19.4 Å². The van der Waals surface area contributed by atoms with Gasteiger partial charge in [0.2, 0.25) is 5.88 Å². The first-order valence-corrected chi connectivity index (χ1v) is 10.5. The van der Waals surface area contributed by atoms with E-state index in [1.165, 1.54) is 17.4 Å². The molecule has 1 saturated heterocycles. The van der Waals surface area contributed by atoms with Gasteiger partial charge < -0.3 is 19.7 Å². The van der Waals surface area contributed by atoms with Crippen LogP contribution >= 0.6 is 11.3 Å². The maximum Gasteiger partial charge on any atom is 0.416 e. The molecule has 6 nitrogen and oxygen atoms in total. The summed E-state index contributed by atoms with van der Waals surface area (Å²) >= 11 is 1.37. The second-order valence-corrected chi connectivity index (χ2v) is 8.38. The number of nitrogens with one attached hydrogen (secondary N) is 1. The number of aromatic nitrogens is 1. The van der Waals surface area contributed by atoms with Gasteiger partial charge >= 0.3 is 6.09 Å². The zero-order valence-electron chi connectivity index (χ0n) is 15.9. The van der Waals surface area contributed by atoms with Gasteiger partial charge in [-0.1, -0.05) is 6.07 Å². The van der Waals surface area contributed by atoms with Crippen LogP contribution < -0.4 is 14.8 Å². The van der Waals surface area contributed by atoms with E-state index < -0.39 is 11.9 Å². The van der Waals surface area contributed by atoms with Gasteiger partial charge in [-0.25, -0.2) is 14.2 Å². The standard InChI is InChI=1S/C20H24FN3O3S/c1-12(2)26-18-5-13(3-4-17(18)21)8-24(9-16-14-6-22-7-15(14)16)20(25)27-19-10-28-11-23-19/h3-5,10-12,14-16,22H,6-9H2,1-2H3. The van der Waals surface area contributed by atoms with Gasteiger partial charge in [0.15, 0.2) is 11.6 Å². The summed E-state index contributed by atoms with van der Waals surface area (Å²) in [7, 11) is 0. The van der Waals surface area contributed by atoms with Crippen molar-refractivity contribution >= 4 is 17.4 Å². The molecule has 28 heavy (non-hydrogen) atoms. The summed E-state index contributed by atoms with van der Waals surface area (Å²) < 4.78 is 25.0. The molecule has 1 aliphatic carbocycles. The Hall–Kier alpha value is -2.19. The quantitative estimate of drug-likeness (QED) is 0.763. The first-order valence-electron chi connectivity index (χ1n) is 9.52. The molecule has 2 unspecified atom stereocenters. The molecule has 1 N–H and O–H groups in total. The lowest BCUT2D eigenvalue weighted by molar-refractivity contribution is 0.143. The molecule has 4 rings (SSSR count). The third kappa shape index (κ3) is 4.28. The molecule has 0 bridgehead atoms. The second kappa shape index (κ2) is 8.05. The van der Waals surface area contributed by atoms with E-state index in [0.717, 1.165) is 18.7 Å². The Bertz CT molecular complexity index is 820. The van der Waals surface area contributed by atoms with Crippen LogP contribution in [0.2, 0.25) is 0 Å². The lowest BCUT2D eigenvalue weighted by Gasteiger charge is -2.23. The molecule has 2 aromatic rings. The van der Waals surface area contributed by atoms with Gasteiger partial charge in [-0.05, 0) is 62.4 Å². The molecule has 1 aliphatic heterocycles. The van der Waals surface area contributed by atoms with E-state index in [1.807, 2.05) is 13.8 Å². The highest BCUT2D eigenvalue weighted by molar-refractivity contribution is 7.07. The monoisotopic (exact) mass is 405 g/mol. The summed E-state index contributed by atoms with van der Waals surface area (Å²) in [6, 6.07) is 4.72. The van der Waals surface area contributed by atoms with Gasteiger partial charge in [0.1, 0.15) is 0 Å². The number of piperidine rings is 1. The SMILES string of the molecule is CC(C)Oc1cc(CN(CC2C3CNCC32)C(=O)Oc2cscn2)ccc1F. The van der Waals surface area contributed by atoms with Gasteiger partial charge in [-0.15, -0.1) is 11.3 Å². The highest BCUT2D eigenvalue weighted by Gasteiger charge is 2.53. The fraction of sp³-hybridized carbons (Fsp3) is 0.500. The van der Waals surface area contributed by atoms with Crippen molar-refractivity contribution in [3.8, 4) is 11.6 Å². The summed E-state index contributed by atoms with van der Waals surface area (Å²) in [5.74, 6) is 1.84. The zero-order chi connectivity index (χ0) is 19.7. The third-order valence-corrected chi connectivity index (χ3v) is 5.86. The summed E-state index contributed by atoms with van der Waals surface area (Å²) in [4.78, 5) is 18.5. The number of thiazole rings is 1. The normalized spacial score (nSPS) is 22.8. The van der Waals surface area contributed by atoms with Crippen LogP contribution in [-0.2, 0) is 6.54 Å². The highest BCUT2D eigenvalue weighted by atomic mass is 32.1. The van der Waals surface area contributed by atoms with Crippen LogP contribution in [-0.4, -0.2) is 41.7 Å². The van der Waals surface area contributed by atoms with Crippen LogP contribution in [0.5, 0.6) is 11.6 Å². The van der Waals surface area contributed by atoms with Crippen LogP contribution in [0, 0.1) is 23.6 Å². The molecule has 1 aromatic carbocycles. The summed E-state index contributed by atoms with van der Waals surface area (Å²) in [5, 5.41) is 5.06. The van der Waals surface area contributed by atoms with Crippen molar-refractivity contribution in [1.82, 2.24) is 15.2 Å². The lowest BCUT2D eigenvalue weighted by Crippen LogP contribution is -2.36. The van der Waals surface area contributed by atoms with E-state index in [2.05, 4.69) is 10.3 Å². The number of nitrogens with zero attached hydrogens (tertiary/aromatic N) is 2. The maximum atomic E-state index is 14.0. The zero-order valence-corrected chi connectivity index (χ0v) is 16.7. The summed E-state index contributed by atoms with van der Waals surface area (Å²) in [6.07, 6.45) is -0.562. The molecule has 2 atom stereocenters. The van der Waals surface area contributed by atoms with Crippen LogP contribution in [0.4, 0.5) is 9.18 Å². The Morgan fingerprint density at radius 1 is 1.39 bits per heavy atom. The second-order valence-electron chi connectivity index (χ2n) is 7.66. The van der Waals surface area contributed by atoms with Gasteiger partial charge in [0, 0.05) is 13.1 Å². The number of carbonyl (C=O) groups is 1. The third-order valence-electron chi connectivity index (χ3n) is 5.29. The van der Waals surface area contributed by atoms with Gasteiger partial charge in [0.05, 0.1) is 17.0 Å². The number of hydrogen-bond acceptors (Lipinski definition) is 6. The van der Waals surface area contributed by atoms with E-state index in [1.54, 1.807) is 27.9 Å². The first kappa shape index (κ1) is 19.1. The molecule has 2 aliphatic rings. The molecule has 0 radical (unpaired) electrons. The van der Waals surface area contributed by atoms with Crippen molar-refractivity contribution in [2.45, 2.75) is 26.5 Å². The minimum atomic E-state index is -0.431. The lowest BCUT2D eigenvalue weighted by atomic mass is 10.1. The molecule has 0 spiro atoms. The number of halogens is 1. The Labute approximate surface area is 167 Å². The van der Waals surface area contributed by atoms with E-state index in [4.69, 9.17) is 9.47 Å². The number of hydrogen-bond donors (Lipinski definition) is 1. The highest BCUT2D eigenvalue weighted by Crippen LogP contribution is 2.49. The summed E-state index contributed by atoms with van der Waals surface area (Å²) in [5.41, 5.74) is 2.43. The van der Waals surface area contributed by atoms with Crippen LogP contribution in [0.15, 0.2) is 29.1 Å². The number of ether oxygens (including phenoxy) is 2. The average Bonchev–Trinajstić information content (AvgIpc) is 3.05. The van der Waals surface area contributed by atoms with Crippen molar-refractivity contribution in [3.63, 3.8) is 0 Å². The van der Waals surface area contributed by atoms with Gasteiger partial charge in [-0.2, -0.15) is 0 Å². The fourth-order valence-corrected chi connectivity index (χ4v) is 4.34. The average molecular weight is 405 g/mol. The summed E-state index contributed by atoms with van der Waals surface area (Å²) in [6.45, 7) is 6.67. The molecular formula is C20H24FN3O3S. The molecule has 1 aromatic heterocycles.